The molecule has 0 radical (unpaired) electrons. The molecule has 0 saturated heterocycles. The van der Waals surface area contributed by atoms with Gasteiger partial charge in [0.15, 0.2) is 0 Å². The van der Waals surface area contributed by atoms with Crippen molar-refractivity contribution in [2.45, 2.75) is 19.6 Å². The number of ether oxygens (including phenoxy) is 1. The zero-order valence-corrected chi connectivity index (χ0v) is 10.5. The molecule has 1 unspecified atom stereocenters. The molecule has 1 amide bonds. The molecule has 0 aliphatic rings. The van der Waals surface area contributed by atoms with Crippen molar-refractivity contribution in [3.8, 4) is 0 Å². The van der Waals surface area contributed by atoms with Gasteiger partial charge in [-0.25, -0.2) is 4.79 Å². The summed E-state index contributed by atoms with van der Waals surface area (Å²) in [5.41, 5.74) is -0.252. The molecular weight excluding hydrogens is 252 g/mol. The minimum atomic E-state index is -0.994. The molecule has 0 bridgehead atoms. The zero-order valence-electron chi connectivity index (χ0n) is 10.5. The molecule has 0 aromatic carbocycles. The Balaban J connectivity index is 2.42. The van der Waals surface area contributed by atoms with Gasteiger partial charge in [-0.05, 0) is 13.0 Å². The van der Waals surface area contributed by atoms with Crippen LogP contribution < -0.4 is 10.9 Å². The highest BCUT2D eigenvalue weighted by Gasteiger charge is 2.16. The van der Waals surface area contributed by atoms with Gasteiger partial charge in [-0.2, -0.15) is 0 Å². The summed E-state index contributed by atoms with van der Waals surface area (Å²) in [4.78, 5) is 33.6. The van der Waals surface area contributed by atoms with Gasteiger partial charge in [0, 0.05) is 18.8 Å². The Labute approximate surface area is 109 Å². The third kappa shape index (κ3) is 4.92. The van der Waals surface area contributed by atoms with Gasteiger partial charge < -0.3 is 19.7 Å². The standard InChI is InChI=1S/C12H16N2O5/c1-2-19-12(18)11(17)13-7-9(15)8-14-6-4-3-5-10(14)16/h3-6,9,15H,2,7-8H2,1H3,(H,13,17). The molecule has 0 spiro atoms. The van der Waals surface area contributed by atoms with Crippen LogP contribution in [0.15, 0.2) is 29.2 Å². The van der Waals surface area contributed by atoms with Crippen molar-refractivity contribution in [1.82, 2.24) is 9.88 Å². The number of esters is 1. The normalized spacial score (nSPS) is 11.7. The molecule has 1 aromatic rings. The van der Waals surface area contributed by atoms with E-state index in [1.807, 2.05) is 0 Å². The van der Waals surface area contributed by atoms with Gasteiger partial charge in [0.1, 0.15) is 0 Å². The molecule has 0 aliphatic heterocycles. The second-order valence-electron chi connectivity index (χ2n) is 3.78. The summed E-state index contributed by atoms with van der Waals surface area (Å²) >= 11 is 0. The second-order valence-corrected chi connectivity index (χ2v) is 3.78. The number of nitrogens with zero attached hydrogens (tertiary/aromatic N) is 1. The SMILES string of the molecule is CCOC(=O)C(=O)NCC(O)Cn1ccccc1=O. The first kappa shape index (κ1) is 14.9. The third-order valence-corrected chi connectivity index (χ3v) is 2.27. The molecule has 2 N–H and O–H groups in total. The Morgan fingerprint density at radius 2 is 2.21 bits per heavy atom. The summed E-state index contributed by atoms with van der Waals surface area (Å²) in [6.07, 6.45) is 0.553. The van der Waals surface area contributed by atoms with Crippen LogP contribution in [-0.4, -0.2) is 40.8 Å². The van der Waals surface area contributed by atoms with Crippen LogP contribution in [0.5, 0.6) is 0 Å². The van der Waals surface area contributed by atoms with Crippen molar-refractivity contribution in [2.75, 3.05) is 13.2 Å². The van der Waals surface area contributed by atoms with E-state index in [4.69, 9.17) is 0 Å². The minimum Gasteiger partial charge on any atom is -0.459 e. The van der Waals surface area contributed by atoms with Crippen LogP contribution in [0.4, 0.5) is 0 Å². The maximum atomic E-state index is 11.4. The van der Waals surface area contributed by atoms with Crippen molar-refractivity contribution in [3.63, 3.8) is 0 Å². The van der Waals surface area contributed by atoms with Crippen LogP contribution in [-0.2, 0) is 20.9 Å². The number of rotatable bonds is 5. The molecule has 1 aromatic heterocycles. The number of carbonyl (C=O) groups excluding carboxylic acids is 2. The summed E-state index contributed by atoms with van der Waals surface area (Å²) in [5, 5.41) is 11.9. The topological polar surface area (TPSA) is 97.6 Å². The summed E-state index contributed by atoms with van der Waals surface area (Å²) in [6.45, 7) is 1.58. The van der Waals surface area contributed by atoms with Gasteiger partial charge in [-0.15, -0.1) is 0 Å². The van der Waals surface area contributed by atoms with Crippen molar-refractivity contribution < 1.29 is 19.4 Å². The number of carbonyl (C=O) groups is 2. The number of aliphatic hydroxyl groups is 1. The number of amides is 1. The van der Waals surface area contributed by atoms with E-state index in [1.54, 1.807) is 19.1 Å². The van der Waals surface area contributed by atoms with E-state index in [2.05, 4.69) is 10.1 Å². The van der Waals surface area contributed by atoms with Crippen LogP contribution >= 0.6 is 0 Å². The monoisotopic (exact) mass is 268 g/mol. The summed E-state index contributed by atoms with van der Waals surface area (Å²) in [5.74, 6) is -1.91. The number of pyridine rings is 1. The molecule has 1 rings (SSSR count). The average molecular weight is 268 g/mol. The molecule has 0 aliphatic carbocycles. The van der Waals surface area contributed by atoms with Crippen molar-refractivity contribution in [2.24, 2.45) is 0 Å². The molecule has 7 heteroatoms. The van der Waals surface area contributed by atoms with Crippen LogP contribution in [0.25, 0.3) is 0 Å². The molecule has 0 saturated carbocycles. The fourth-order valence-electron chi connectivity index (χ4n) is 1.38. The molecule has 19 heavy (non-hydrogen) atoms. The van der Waals surface area contributed by atoms with Gasteiger partial charge >= 0.3 is 11.9 Å². The van der Waals surface area contributed by atoms with Gasteiger partial charge in [0.25, 0.3) is 5.56 Å². The van der Waals surface area contributed by atoms with E-state index in [9.17, 15) is 19.5 Å². The molecular formula is C12H16N2O5. The largest absolute Gasteiger partial charge is 0.459 e. The smallest absolute Gasteiger partial charge is 0.396 e. The third-order valence-electron chi connectivity index (χ3n) is 2.27. The van der Waals surface area contributed by atoms with Gasteiger partial charge in [-0.1, -0.05) is 6.07 Å². The summed E-state index contributed by atoms with van der Waals surface area (Å²) in [6, 6.07) is 4.61. The van der Waals surface area contributed by atoms with E-state index >= 15 is 0 Å². The van der Waals surface area contributed by atoms with Gasteiger partial charge in [0.05, 0.1) is 19.3 Å². The molecule has 0 fully saturated rings. The van der Waals surface area contributed by atoms with Crippen molar-refractivity contribution in [3.05, 3.63) is 34.7 Å². The number of aliphatic hydroxyl groups excluding tert-OH is 1. The maximum Gasteiger partial charge on any atom is 0.396 e. The number of aromatic nitrogens is 1. The van der Waals surface area contributed by atoms with E-state index in [0.29, 0.717) is 0 Å². The molecule has 1 heterocycles. The van der Waals surface area contributed by atoms with Crippen LogP contribution in [0.2, 0.25) is 0 Å². The minimum absolute atomic E-state index is 0.0305. The Morgan fingerprint density at radius 1 is 1.47 bits per heavy atom. The van der Waals surface area contributed by atoms with Gasteiger partial charge in [0.2, 0.25) is 0 Å². The van der Waals surface area contributed by atoms with Gasteiger partial charge in [-0.3, -0.25) is 9.59 Å². The highest BCUT2D eigenvalue weighted by atomic mass is 16.5. The van der Waals surface area contributed by atoms with E-state index in [1.165, 1.54) is 16.8 Å². The summed E-state index contributed by atoms with van der Waals surface area (Å²) < 4.78 is 5.79. The molecule has 1 atom stereocenters. The predicted molar refractivity (Wildman–Crippen MR) is 66.4 cm³/mol. The first-order chi connectivity index (χ1) is 9.04. The lowest BCUT2D eigenvalue weighted by Gasteiger charge is -2.12. The van der Waals surface area contributed by atoms with Crippen LogP contribution in [0.1, 0.15) is 6.92 Å². The number of hydrogen-bond acceptors (Lipinski definition) is 5. The Morgan fingerprint density at radius 3 is 2.84 bits per heavy atom. The fraction of sp³-hybridized carbons (Fsp3) is 0.417. The quantitative estimate of drug-likeness (QED) is 0.521. The van der Waals surface area contributed by atoms with E-state index in [0.717, 1.165) is 0 Å². The average Bonchev–Trinajstić information content (AvgIpc) is 2.39. The van der Waals surface area contributed by atoms with Crippen molar-refractivity contribution in [1.29, 1.82) is 0 Å². The highest BCUT2D eigenvalue weighted by Crippen LogP contribution is 1.89. The van der Waals surface area contributed by atoms with Crippen LogP contribution in [0.3, 0.4) is 0 Å². The fourth-order valence-corrected chi connectivity index (χ4v) is 1.38. The lowest BCUT2D eigenvalue weighted by molar-refractivity contribution is -0.154. The first-order valence-corrected chi connectivity index (χ1v) is 5.83. The molecule has 7 nitrogen and oxygen atoms in total. The molecule has 104 valence electrons. The lowest BCUT2D eigenvalue weighted by atomic mass is 10.3. The second kappa shape index (κ2) is 7.32. The first-order valence-electron chi connectivity index (χ1n) is 5.83. The van der Waals surface area contributed by atoms with E-state index < -0.39 is 18.0 Å². The van der Waals surface area contributed by atoms with E-state index in [-0.39, 0.29) is 25.3 Å². The van der Waals surface area contributed by atoms with Crippen molar-refractivity contribution >= 4 is 11.9 Å². The Hall–Kier alpha value is -2.15. The Kier molecular flexibility index (Phi) is 5.74. The predicted octanol–water partition coefficient (Wildman–Crippen LogP) is -1.11. The highest BCUT2D eigenvalue weighted by molar-refractivity contribution is 6.32. The number of hydrogen-bond donors (Lipinski definition) is 2. The van der Waals surface area contributed by atoms with Crippen LogP contribution in [0, 0.1) is 0 Å². The maximum absolute atomic E-state index is 11.4. The Bertz CT molecular complexity index is 497. The zero-order chi connectivity index (χ0) is 14.3. The lowest BCUT2D eigenvalue weighted by Crippen LogP contribution is -2.40. The number of nitrogens with one attached hydrogen (secondary N) is 1. The summed E-state index contributed by atoms with van der Waals surface area (Å²) in [7, 11) is 0.